The normalized spacial score (nSPS) is 16.7. The zero-order valence-corrected chi connectivity index (χ0v) is 18.2. The van der Waals surface area contributed by atoms with Crippen LogP contribution in [0.5, 0.6) is 0 Å². The minimum absolute atomic E-state index is 0.155. The molecule has 2 aliphatic rings. The summed E-state index contributed by atoms with van der Waals surface area (Å²) >= 11 is 0. The van der Waals surface area contributed by atoms with Crippen molar-refractivity contribution < 1.29 is 9.59 Å². The Morgan fingerprint density at radius 1 is 1.12 bits per heavy atom. The molecule has 1 aromatic carbocycles. The molecule has 11 heteroatoms. The van der Waals surface area contributed by atoms with Gasteiger partial charge in [0.25, 0.3) is 5.91 Å². The Morgan fingerprint density at radius 2 is 1.94 bits per heavy atom. The Hall–Kier alpha value is -4.67. The van der Waals surface area contributed by atoms with Crippen LogP contribution in [0.3, 0.4) is 0 Å². The first-order valence-electron chi connectivity index (χ1n) is 10.9. The second kappa shape index (κ2) is 7.73. The monoisotopic (exact) mass is 455 g/mol. The average molecular weight is 455 g/mol. The smallest absolute Gasteiger partial charge is 0.326 e. The van der Waals surface area contributed by atoms with Gasteiger partial charge in [0.2, 0.25) is 0 Å². The molecular weight excluding hydrogens is 434 g/mol. The number of urea groups is 1. The SMILES string of the molecule is Cn1ccc(-c2ccc(Nc3cc(NC4CC4)n4ncc(/C=C5\NC(=O)NC5=O)c4n3)cc2)n1. The van der Waals surface area contributed by atoms with Gasteiger partial charge in [0.05, 0.1) is 11.9 Å². The Bertz CT molecular complexity index is 1460. The molecule has 0 atom stereocenters. The van der Waals surface area contributed by atoms with Crippen LogP contribution in [0.15, 0.2) is 54.5 Å². The third kappa shape index (κ3) is 3.83. The van der Waals surface area contributed by atoms with Crippen molar-refractivity contribution in [3.63, 3.8) is 0 Å². The molecule has 1 saturated heterocycles. The average Bonchev–Trinajstić information content (AvgIpc) is 3.22. The van der Waals surface area contributed by atoms with Gasteiger partial charge in [-0.3, -0.25) is 14.8 Å². The number of benzene rings is 1. The molecule has 1 aliphatic carbocycles. The largest absolute Gasteiger partial charge is 0.367 e. The van der Waals surface area contributed by atoms with Crippen LogP contribution >= 0.6 is 0 Å². The van der Waals surface area contributed by atoms with Crippen molar-refractivity contribution in [2.75, 3.05) is 10.6 Å². The van der Waals surface area contributed by atoms with Crippen LogP contribution in [-0.4, -0.2) is 42.4 Å². The van der Waals surface area contributed by atoms with Gasteiger partial charge in [0, 0.05) is 42.2 Å². The van der Waals surface area contributed by atoms with Crippen molar-refractivity contribution in [3.05, 3.63) is 60.1 Å². The maximum Gasteiger partial charge on any atom is 0.326 e. The second-order valence-electron chi connectivity index (χ2n) is 8.32. The molecule has 0 spiro atoms. The quantitative estimate of drug-likeness (QED) is 0.260. The van der Waals surface area contributed by atoms with E-state index in [0.717, 1.165) is 35.6 Å². The summed E-state index contributed by atoms with van der Waals surface area (Å²) < 4.78 is 3.48. The van der Waals surface area contributed by atoms with E-state index in [4.69, 9.17) is 4.98 Å². The Kier molecular flexibility index (Phi) is 4.54. The van der Waals surface area contributed by atoms with Crippen LogP contribution < -0.4 is 21.3 Å². The van der Waals surface area contributed by atoms with E-state index in [9.17, 15) is 9.59 Å². The molecule has 3 aromatic heterocycles. The number of anilines is 3. The van der Waals surface area contributed by atoms with Gasteiger partial charge in [-0.15, -0.1) is 0 Å². The van der Waals surface area contributed by atoms with E-state index < -0.39 is 11.9 Å². The fourth-order valence-electron chi connectivity index (χ4n) is 3.76. The number of aromatic nitrogens is 5. The van der Waals surface area contributed by atoms with Crippen LogP contribution in [0, 0.1) is 0 Å². The molecule has 4 aromatic rings. The van der Waals surface area contributed by atoms with Crippen molar-refractivity contribution in [1.29, 1.82) is 0 Å². The predicted molar refractivity (Wildman–Crippen MR) is 126 cm³/mol. The van der Waals surface area contributed by atoms with Crippen LogP contribution in [0.4, 0.5) is 22.1 Å². The van der Waals surface area contributed by atoms with Crippen LogP contribution in [0.2, 0.25) is 0 Å². The van der Waals surface area contributed by atoms with E-state index >= 15 is 0 Å². The van der Waals surface area contributed by atoms with E-state index in [2.05, 4.69) is 31.5 Å². The molecule has 3 amide bonds. The zero-order valence-electron chi connectivity index (χ0n) is 18.2. The second-order valence-corrected chi connectivity index (χ2v) is 8.32. The van der Waals surface area contributed by atoms with E-state index in [0.29, 0.717) is 23.1 Å². The number of hydrogen-bond donors (Lipinski definition) is 4. The van der Waals surface area contributed by atoms with Crippen molar-refractivity contribution in [2.45, 2.75) is 18.9 Å². The number of nitrogens with one attached hydrogen (secondary N) is 4. The topological polar surface area (TPSA) is 130 Å². The molecule has 34 heavy (non-hydrogen) atoms. The molecule has 170 valence electrons. The third-order valence-electron chi connectivity index (χ3n) is 5.61. The van der Waals surface area contributed by atoms with E-state index in [-0.39, 0.29) is 5.70 Å². The van der Waals surface area contributed by atoms with Crippen LogP contribution in [-0.2, 0) is 11.8 Å². The van der Waals surface area contributed by atoms with Gasteiger partial charge in [-0.2, -0.15) is 14.7 Å². The third-order valence-corrected chi connectivity index (χ3v) is 5.61. The number of hydrogen-bond acceptors (Lipinski definition) is 7. The highest BCUT2D eigenvalue weighted by atomic mass is 16.2. The van der Waals surface area contributed by atoms with Gasteiger partial charge >= 0.3 is 6.03 Å². The minimum atomic E-state index is -0.548. The summed E-state index contributed by atoms with van der Waals surface area (Å²) in [7, 11) is 1.89. The van der Waals surface area contributed by atoms with Gasteiger partial charge in [0.1, 0.15) is 17.3 Å². The number of carbonyl (C=O) groups is 2. The maximum atomic E-state index is 12.0. The summed E-state index contributed by atoms with van der Waals surface area (Å²) in [5.74, 6) is 0.939. The number of carbonyl (C=O) groups excluding carboxylic acids is 2. The molecule has 11 nitrogen and oxygen atoms in total. The van der Waals surface area contributed by atoms with Crippen molar-refractivity contribution in [1.82, 2.24) is 35.0 Å². The summed E-state index contributed by atoms with van der Waals surface area (Å²) in [4.78, 5) is 28.2. The predicted octanol–water partition coefficient (Wildman–Crippen LogP) is 2.63. The fraction of sp³-hybridized carbons (Fsp3) is 0.174. The highest BCUT2D eigenvalue weighted by Gasteiger charge is 2.25. The first-order chi connectivity index (χ1) is 16.5. The first kappa shape index (κ1) is 20.0. The molecule has 4 heterocycles. The highest BCUT2D eigenvalue weighted by molar-refractivity contribution is 6.14. The molecule has 1 saturated carbocycles. The van der Waals surface area contributed by atoms with Gasteiger partial charge in [-0.1, -0.05) is 12.1 Å². The van der Waals surface area contributed by atoms with Crippen molar-refractivity contribution in [2.24, 2.45) is 7.05 Å². The molecule has 4 N–H and O–H groups in total. The fourth-order valence-corrected chi connectivity index (χ4v) is 3.76. The summed E-state index contributed by atoms with van der Waals surface area (Å²) in [5, 5.41) is 20.4. The maximum absolute atomic E-state index is 12.0. The van der Waals surface area contributed by atoms with Gasteiger partial charge in [0.15, 0.2) is 5.65 Å². The van der Waals surface area contributed by atoms with E-state index in [1.165, 1.54) is 0 Å². The standard InChI is InChI=1S/C23H21N9O2/c1-31-9-8-17(30-31)13-2-4-15(5-3-13)25-19-11-20(26-16-6-7-16)32-21(28-19)14(12-24-32)10-18-22(33)29-23(34)27-18/h2-5,8-12,16,26H,6-7H2,1H3,(H,25,28)(H2,27,29,33,34)/b18-10-. The van der Waals surface area contributed by atoms with Gasteiger partial charge in [-0.25, -0.2) is 9.78 Å². The Morgan fingerprint density at radius 3 is 2.62 bits per heavy atom. The number of nitrogens with zero attached hydrogens (tertiary/aromatic N) is 5. The summed E-state index contributed by atoms with van der Waals surface area (Å²) in [5.41, 5.74) is 4.12. The first-order valence-corrected chi connectivity index (χ1v) is 10.9. The van der Waals surface area contributed by atoms with Gasteiger partial charge < -0.3 is 16.0 Å². The number of rotatable bonds is 6. The van der Waals surface area contributed by atoms with Crippen LogP contribution in [0.1, 0.15) is 18.4 Å². The molecular formula is C23H21N9O2. The summed E-state index contributed by atoms with van der Waals surface area (Å²) in [6, 6.07) is 11.7. The molecule has 6 rings (SSSR count). The highest BCUT2D eigenvalue weighted by Crippen LogP contribution is 2.29. The summed E-state index contributed by atoms with van der Waals surface area (Å²) in [6.45, 7) is 0. The Labute approximate surface area is 193 Å². The number of imide groups is 1. The zero-order chi connectivity index (χ0) is 23.2. The molecule has 0 unspecified atom stereocenters. The lowest BCUT2D eigenvalue weighted by molar-refractivity contribution is -0.115. The van der Waals surface area contributed by atoms with Crippen molar-refractivity contribution in [3.8, 4) is 11.3 Å². The lowest BCUT2D eigenvalue weighted by atomic mass is 10.1. The van der Waals surface area contributed by atoms with Gasteiger partial charge in [-0.05, 0) is 37.1 Å². The lowest BCUT2D eigenvalue weighted by Crippen LogP contribution is -2.22. The number of amides is 3. The minimum Gasteiger partial charge on any atom is -0.367 e. The lowest BCUT2D eigenvalue weighted by Gasteiger charge is -2.12. The summed E-state index contributed by atoms with van der Waals surface area (Å²) in [6.07, 6.45) is 7.31. The molecule has 0 radical (unpaired) electrons. The molecule has 1 aliphatic heterocycles. The molecule has 2 fully saturated rings. The number of aryl methyl sites for hydroxylation is 1. The van der Waals surface area contributed by atoms with Crippen molar-refractivity contribution >= 4 is 41.0 Å². The van der Waals surface area contributed by atoms with E-state index in [1.54, 1.807) is 21.5 Å². The number of fused-ring (bicyclic) bond motifs is 1. The molecule has 0 bridgehead atoms. The van der Waals surface area contributed by atoms with Crippen LogP contribution in [0.25, 0.3) is 23.0 Å². The Balaban J connectivity index is 1.34. The van der Waals surface area contributed by atoms with E-state index in [1.807, 2.05) is 49.6 Å².